The molecule has 1 aliphatic heterocycles. The molecule has 0 unspecified atom stereocenters. The smallest absolute Gasteiger partial charge is 0.263 e. The van der Waals surface area contributed by atoms with E-state index in [1.807, 2.05) is 24.3 Å². The van der Waals surface area contributed by atoms with Crippen molar-refractivity contribution in [1.82, 2.24) is 10.3 Å². The van der Waals surface area contributed by atoms with Gasteiger partial charge in [-0.2, -0.15) is 0 Å². The topological polar surface area (TPSA) is 42.0 Å². The molecule has 110 valence electrons. The van der Waals surface area contributed by atoms with E-state index in [1.54, 1.807) is 18.2 Å². The minimum atomic E-state index is -0.202. The lowest BCUT2D eigenvalue weighted by atomic mass is 10.1. The van der Waals surface area contributed by atoms with E-state index in [9.17, 15) is 4.79 Å². The van der Waals surface area contributed by atoms with Gasteiger partial charge in [-0.25, -0.2) is 4.98 Å². The van der Waals surface area contributed by atoms with E-state index in [4.69, 9.17) is 35.4 Å². The molecule has 1 N–H and O–H groups in total. The van der Waals surface area contributed by atoms with Crippen LogP contribution in [0, 0.1) is 0 Å². The molecular weight excluding hydrogens is 359 g/mol. The summed E-state index contributed by atoms with van der Waals surface area (Å²) in [6.07, 6.45) is 1.70. The van der Waals surface area contributed by atoms with Gasteiger partial charge in [0.1, 0.15) is 4.32 Å². The molecule has 2 aromatic rings. The van der Waals surface area contributed by atoms with Gasteiger partial charge in [0.25, 0.3) is 5.91 Å². The molecule has 0 saturated carbocycles. The van der Waals surface area contributed by atoms with Crippen molar-refractivity contribution in [1.29, 1.82) is 0 Å². The Balaban J connectivity index is 1.98. The third-order valence-corrected chi connectivity index (χ3v) is 4.61. The van der Waals surface area contributed by atoms with Crippen molar-refractivity contribution in [2.75, 3.05) is 0 Å². The summed E-state index contributed by atoms with van der Waals surface area (Å²) < 4.78 is 0.452. The number of thiocarbonyl (C=S) groups is 1. The van der Waals surface area contributed by atoms with Gasteiger partial charge in [0, 0.05) is 10.6 Å². The highest BCUT2D eigenvalue weighted by Crippen LogP contribution is 2.30. The van der Waals surface area contributed by atoms with E-state index in [1.165, 1.54) is 11.8 Å². The van der Waals surface area contributed by atoms with Gasteiger partial charge in [0.05, 0.1) is 21.3 Å². The molecule has 3 rings (SSSR count). The first-order valence-electron chi connectivity index (χ1n) is 6.20. The number of rotatable bonds is 2. The lowest BCUT2D eigenvalue weighted by Gasteiger charge is -2.05. The number of halogens is 2. The van der Waals surface area contributed by atoms with E-state index in [-0.39, 0.29) is 5.91 Å². The molecule has 2 heterocycles. The Kier molecular flexibility index (Phi) is 4.49. The molecule has 0 aliphatic carbocycles. The second-order valence-electron chi connectivity index (χ2n) is 4.42. The minimum absolute atomic E-state index is 0.202. The number of aromatic nitrogens is 1. The number of hydrogen-bond acceptors (Lipinski definition) is 4. The van der Waals surface area contributed by atoms with Crippen LogP contribution in [0.2, 0.25) is 10.0 Å². The quantitative estimate of drug-likeness (QED) is 0.625. The fourth-order valence-electron chi connectivity index (χ4n) is 1.93. The van der Waals surface area contributed by atoms with Crippen molar-refractivity contribution in [3.8, 4) is 11.3 Å². The second-order valence-corrected chi connectivity index (χ2v) is 6.99. The predicted molar refractivity (Wildman–Crippen MR) is 96.0 cm³/mol. The van der Waals surface area contributed by atoms with E-state index < -0.39 is 0 Å². The van der Waals surface area contributed by atoms with Crippen molar-refractivity contribution in [2.45, 2.75) is 0 Å². The zero-order valence-corrected chi connectivity index (χ0v) is 14.1. The third-order valence-electron chi connectivity index (χ3n) is 2.90. The number of carbonyl (C=O) groups is 1. The number of benzene rings is 1. The summed E-state index contributed by atoms with van der Waals surface area (Å²) in [6.45, 7) is 0. The fraction of sp³-hybridized carbons (Fsp3) is 0. The highest BCUT2D eigenvalue weighted by Gasteiger charge is 2.22. The maximum atomic E-state index is 11.7. The number of hydrogen-bond donors (Lipinski definition) is 1. The standard InChI is InChI=1S/C15H8Cl2N2OS2/c16-8-4-5-10(11(17)6-8)12-3-1-2-9(18-12)7-13-14(20)19-15(21)22-13/h1-7H,(H,19,20,21)/b13-7-. The van der Waals surface area contributed by atoms with E-state index in [0.29, 0.717) is 30.7 Å². The number of carbonyl (C=O) groups excluding carboxylic acids is 1. The van der Waals surface area contributed by atoms with Crippen LogP contribution in [0.3, 0.4) is 0 Å². The first-order valence-corrected chi connectivity index (χ1v) is 8.18. The van der Waals surface area contributed by atoms with Gasteiger partial charge >= 0.3 is 0 Å². The van der Waals surface area contributed by atoms with E-state index >= 15 is 0 Å². The van der Waals surface area contributed by atoms with Crippen molar-refractivity contribution in [3.05, 3.63) is 57.0 Å². The Bertz CT molecular complexity index is 821. The average Bonchev–Trinajstić information content (AvgIpc) is 2.77. The average molecular weight is 367 g/mol. The molecule has 1 amide bonds. The van der Waals surface area contributed by atoms with Crippen LogP contribution < -0.4 is 5.32 Å². The zero-order chi connectivity index (χ0) is 15.7. The van der Waals surface area contributed by atoms with Crippen molar-refractivity contribution in [2.24, 2.45) is 0 Å². The molecule has 0 atom stereocenters. The molecule has 0 bridgehead atoms. The first-order chi connectivity index (χ1) is 10.5. The molecular formula is C15H8Cl2N2OS2. The first kappa shape index (κ1) is 15.5. The number of nitrogens with one attached hydrogen (secondary N) is 1. The lowest BCUT2D eigenvalue weighted by molar-refractivity contribution is -0.115. The molecule has 1 aromatic carbocycles. The molecule has 1 saturated heterocycles. The Morgan fingerprint density at radius 3 is 2.73 bits per heavy atom. The van der Waals surface area contributed by atoms with Crippen LogP contribution in [0.15, 0.2) is 41.3 Å². The molecule has 22 heavy (non-hydrogen) atoms. The zero-order valence-electron chi connectivity index (χ0n) is 11.0. The summed E-state index contributed by atoms with van der Waals surface area (Å²) in [4.78, 5) is 16.7. The van der Waals surface area contributed by atoms with Gasteiger partial charge in [-0.05, 0) is 36.4 Å². The van der Waals surface area contributed by atoms with Crippen molar-refractivity contribution in [3.63, 3.8) is 0 Å². The summed E-state index contributed by atoms with van der Waals surface area (Å²) >= 11 is 18.3. The number of amides is 1. The van der Waals surface area contributed by atoms with Crippen LogP contribution in [0.4, 0.5) is 0 Å². The summed E-state index contributed by atoms with van der Waals surface area (Å²) in [5.41, 5.74) is 2.15. The predicted octanol–water partition coefficient (Wildman–Crippen LogP) is 4.54. The van der Waals surface area contributed by atoms with Gasteiger partial charge in [-0.1, -0.05) is 53.2 Å². The van der Waals surface area contributed by atoms with Crippen LogP contribution in [0.1, 0.15) is 5.69 Å². The molecule has 3 nitrogen and oxygen atoms in total. The van der Waals surface area contributed by atoms with Gasteiger partial charge in [-0.15, -0.1) is 0 Å². The molecule has 1 aliphatic rings. The highest BCUT2D eigenvalue weighted by molar-refractivity contribution is 8.26. The Morgan fingerprint density at radius 2 is 2.05 bits per heavy atom. The molecule has 0 spiro atoms. The maximum absolute atomic E-state index is 11.7. The molecule has 0 radical (unpaired) electrons. The SMILES string of the molecule is O=C1NC(=S)S/C1=C\c1cccc(-c2ccc(Cl)cc2Cl)n1. The number of pyridine rings is 1. The number of nitrogens with zero attached hydrogens (tertiary/aromatic N) is 1. The molecule has 1 fully saturated rings. The number of thioether (sulfide) groups is 1. The van der Waals surface area contributed by atoms with E-state index in [0.717, 1.165) is 5.56 Å². The van der Waals surface area contributed by atoms with Crippen LogP contribution in [0.5, 0.6) is 0 Å². The van der Waals surface area contributed by atoms with Crippen molar-refractivity contribution < 1.29 is 4.79 Å². The van der Waals surface area contributed by atoms with E-state index in [2.05, 4.69) is 10.3 Å². The van der Waals surface area contributed by atoms with Crippen LogP contribution in [-0.4, -0.2) is 15.2 Å². The summed E-state index contributed by atoms with van der Waals surface area (Å²) in [5, 5.41) is 3.67. The monoisotopic (exact) mass is 366 g/mol. The van der Waals surface area contributed by atoms with Crippen LogP contribution >= 0.6 is 47.2 Å². The van der Waals surface area contributed by atoms with Crippen molar-refractivity contribution >= 4 is 63.5 Å². The van der Waals surface area contributed by atoms with Gasteiger partial charge in [-0.3, -0.25) is 4.79 Å². The Morgan fingerprint density at radius 1 is 1.23 bits per heavy atom. The summed E-state index contributed by atoms with van der Waals surface area (Å²) in [5.74, 6) is -0.202. The van der Waals surface area contributed by atoms with Gasteiger partial charge in [0.2, 0.25) is 0 Å². The Labute approximate surface area is 146 Å². The highest BCUT2D eigenvalue weighted by atomic mass is 35.5. The lowest BCUT2D eigenvalue weighted by Crippen LogP contribution is -2.17. The minimum Gasteiger partial charge on any atom is -0.307 e. The Hall–Kier alpha value is -1.40. The fourth-order valence-corrected chi connectivity index (χ4v) is 3.47. The normalized spacial score (nSPS) is 16.2. The molecule has 7 heteroatoms. The third kappa shape index (κ3) is 3.33. The summed E-state index contributed by atoms with van der Waals surface area (Å²) in [7, 11) is 0. The molecule has 1 aromatic heterocycles. The second kappa shape index (κ2) is 6.38. The summed E-state index contributed by atoms with van der Waals surface area (Å²) in [6, 6.07) is 10.8. The largest absolute Gasteiger partial charge is 0.307 e. The van der Waals surface area contributed by atoms with Crippen LogP contribution in [0.25, 0.3) is 17.3 Å². The maximum Gasteiger partial charge on any atom is 0.263 e. The van der Waals surface area contributed by atoms with Crippen LogP contribution in [-0.2, 0) is 4.79 Å². The van der Waals surface area contributed by atoms with Gasteiger partial charge in [0.15, 0.2) is 0 Å². The van der Waals surface area contributed by atoms with Gasteiger partial charge < -0.3 is 5.32 Å².